The molecule has 0 saturated heterocycles. The van der Waals surface area contributed by atoms with E-state index in [1.807, 2.05) is 0 Å². The summed E-state index contributed by atoms with van der Waals surface area (Å²) in [5.74, 6) is 0.545. The molecule has 0 radical (unpaired) electrons. The molecule has 0 aromatic heterocycles. The van der Waals surface area contributed by atoms with Gasteiger partial charge in [0, 0.05) is 12.7 Å². The van der Waals surface area contributed by atoms with Crippen LogP contribution in [0.2, 0.25) is 12.1 Å². The van der Waals surface area contributed by atoms with Crippen LogP contribution >= 0.6 is 0 Å². The molecule has 1 rings (SSSR count). The molecule has 0 saturated carbocycles. The first-order chi connectivity index (χ1) is 12.1. The summed E-state index contributed by atoms with van der Waals surface area (Å²) in [7, 11) is -2.35. The maximum Gasteiger partial charge on any atom is 0.398 e. The fourth-order valence-electron chi connectivity index (χ4n) is 2.82. The highest BCUT2D eigenvalue weighted by molar-refractivity contribution is 6.68. The third kappa shape index (κ3) is 8.01. The first-order valence-electron chi connectivity index (χ1n) is 9.64. The maximum atomic E-state index is 10.9. The first-order valence-corrected chi connectivity index (χ1v) is 11.9. The Morgan fingerprint density at radius 2 is 1.64 bits per heavy atom. The molecule has 0 amide bonds. The molecule has 0 spiro atoms. The molecule has 0 heterocycles. The van der Waals surface area contributed by atoms with Gasteiger partial charge < -0.3 is 8.85 Å². The van der Waals surface area contributed by atoms with Crippen molar-refractivity contribution in [2.75, 3.05) is 6.61 Å². The van der Waals surface area contributed by atoms with Crippen LogP contribution in [0.15, 0.2) is 24.3 Å². The predicted molar refractivity (Wildman–Crippen MR) is 104 cm³/mol. The Kier molecular flexibility index (Phi) is 10.4. The molecule has 0 aliphatic heterocycles. The summed E-state index contributed by atoms with van der Waals surface area (Å²) in [4.78, 5) is 10.5. The number of nitro benzene ring substituents is 1. The summed E-state index contributed by atoms with van der Waals surface area (Å²) in [6, 6.07) is 8.08. The molecule has 0 unspecified atom stereocenters. The van der Waals surface area contributed by atoms with Crippen molar-refractivity contribution in [1.82, 2.24) is 0 Å². The van der Waals surface area contributed by atoms with Gasteiger partial charge in [-0.1, -0.05) is 65.4 Å². The minimum absolute atomic E-state index is 0.0553. The highest BCUT2D eigenvalue weighted by Gasteiger charge is 2.36. The monoisotopic (exact) mass is 367 g/mol. The van der Waals surface area contributed by atoms with Gasteiger partial charge in [0.15, 0.2) is 0 Å². The molecule has 1 aromatic carbocycles. The molecule has 0 fully saturated rings. The molecule has 1 aromatic rings. The number of nitrogens with zero attached hydrogens (tertiary/aromatic N) is 1. The van der Waals surface area contributed by atoms with Gasteiger partial charge in [-0.3, -0.25) is 10.1 Å². The fraction of sp³-hybridized carbons (Fsp3) is 0.684. The average molecular weight is 368 g/mol. The first kappa shape index (κ1) is 21.6. The van der Waals surface area contributed by atoms with Crippen LogP contribution < -0.4 is 4.43 Å². The highest BCUT2D eigenvalue weighted by atomic mass is 28.4. The summed E-state index contributed by atoms with van der Waals surface area (Å²) in [6.07, 6.45) is 8.76. The summed E-state index contributed by atoms with van der Waals surface area (Å²) < 4.78 is 12.4. The highest BCUT2D eigenvalue weighted by Crippen LogP contribution is 2.26. The van der Waals surface area contributed by atoms with Crippen LogP contribution in [0.3, 0.4) is 0 Å². The lowest BCUT2D eigenvalue weighted by Crippen LogP contribution is -2.44. The zero-order valence-corrected chi connectivity index (χ0v) is 17.0. The van der Waals surface area contributed by atoms with Gasteiger partial charge in [-0.15, -0.1) is 0 Å². The Bertz CT molecular complexity index is 506. The van der Waals surface area contributed by atoms with E-state index in [1.54, 1.807) is 12.1 Å². The molecule has 5 nitrogen and oxygen atoms in total. The van der Waals surface area contributed by atoms with Crippen LogP contribution in [0.1, 0.15) is 65.7 Å². The SMILES string of the molecule is CCCCCCCCCO[Si](CC)(CC)Oc1cccc([N+](=O)[O-])c1. The summed E-state index contributed by atoms with van der Waals surface area (Å²) in [5.41, 5.74) is 0.0553. The smallest absolute Gasteiger partial charge is 0.398 e. The topological polar surface area (TPSA) is 61.6 Å². The van der Waals surface area contributed by atoms with Gasteiger partial charge in [0.25, 0.3) is 5.69 Å². The second-order valence-corrected chi connectivity index (χ2v) is 10.2. The molecule has 0 bridgehead atoms. The van der Waals surface area contributed by atoms with Gasteiger partial charge >= 0.3 is 8.56 Å². The van der Waals surface area contributed by atoms with E-state index in [-0.39, 0.29) is 5.69 Å². The molecule has 0 N–H and O–H groups in total. The van der Waals surface area contributed by atoms with Gasteiger partial charge in [0.05, 0.1) is 11.0 Å². The lowest BCUT2D eigenvalue weighted by Gasteiger charge is -2.29. The van der Waals surface area contributed by atoms with Crippen LogP contribution in [0.5, 0.6) is 5.75 Å². The zero-order chi connectivity index (χ0) is 18.5. The van der Waals surface area contributed by atoms with Gasteiger partial charge in [-0.2, -0.15) is 0 Å². The summed E-state index contributed by atoms with van der Waals surface area (Å²) in [5, 5.41) is 10.9. The van der Waals surface area contributed by atoms with Gasteiger partial charge in [-0.05, 0) is 24.6 Å². The van der Waals surface area contributed by atoms with E-state index in [2.05, 4.69) is 20.8 Å². The Morgan fingerprint density at radius 3 is 2.24 bits per heavy atom. The molecule has 142 valence electrons. The third-order valence-electron chi connectivity index (χ3n) is 4.52. The molecular formula is C19H33NO4Si. The van der Waals surface area contributed by atoms with Gasteiger partial charge in [0.2, 0.25) is 0 Å². The number of benzene rings is 1. The van der Waals surface area contributed by atoms with Gasteiger partial charge in [-0.25, -0.2) is 0 Å². The number of hydrogen-bond acceptors (Lipinski definition) is 4. The van der Waals surface area contributed by atoms with E-state index in [0.29, 0.717) is 5.75 Å². The van der Waals surface area contributed by atoms with Crippen molar-refractivity contribution in [3.8, 4) is 5.75 Å². The van der Waals surface area contributed by atoms with Crippen molar-refractivity contribution in [3.05, 3.63) is 34.4 Å². The average Bonchev–Trinajstić information content (AvgIpc) is 2.63. The Hall–Kier alpha value is -1.40. The van der Waals surface area contributed by atoms with Crippen LogP contribution in [-0.2, 0) is 4.43 Å². The summed E-state index contributed by atoms with van der Waals surface area (Å²) in [6.45, 7) is 7.11. The summed E-state index contributed by atoms with van der Waals surface area (Å²) >= 11 is 0. The molecule has 0 atom stereocenters. The lowest BCUT2D eigenvalue weighted by molar-refractivity contribution is -0.384. The minimum atomic E-state index is -2.35. The predicted octanol–water partition coefficient (Wildman–Crippen LogP) is 6.22. The molecule has 0 aliphatic rings. The van der Waals surface area contributed by atoms with Crippen molar-refractivity contribution >= 4 is 14.2 Å². The van der Waals surface area contributed by atoms with Crippen molar-refractivity contribution < 1.29 is 13.8 Å². The maximum absolute atomic E-state index is 10.9. The zero-order valence-electron chi connectivity index (χ0n) is 16.0. The number of nitro groups is 1. The Labute approximate surface area is 153 Å². The van der Waals surface area contributed by atoms with Crippen molar-refractivity contribution in [3.63, 3.8) is 0 Å². The van der Waals surface area contributed by atoms with Crippen LogP contribution in [0.4, 0.5) is 5.69 Å². The third-order valence-corrected chi connectivity index (χ3v) is 8.02. The number of hydrogen-bond donors (Lipinski definition) is 0. The second-order valence-electron chi connectivity index (χ2n) is 6.44. The number of unbranched alkanes of at least 4 members (excludes halogenated alkanes) is 6. The standard InChI is InChI=1S/C19H33NO4Si/c1-4-7-8-9-10-11-12-16-23-25(5-2,6-3)24-19-15-13-14-18(17-19)20(21)22/h13-15,17H,4-12,16H2,1-3H3. The van der Waals surface area contributed by atoms with Crippen molar-refractivity contribution in [2.45, 2.75) is 77.8 Å². The minimum Gasteiger partial charge on any atom is -0.520 e. The van der Waals surface area contributed by atoms with Crippen LogP contribution in [-0.4, -0.2) is 20.1 Å². The number of non-ortho nitro benzene ring substituents is 1. The lowest BCUT2D eigenvalue weighted by atomic mass is 10.1. The largest absolute Gasteiger partial charge is 0.520 e. The van der Waals surface area contributed by atoms with Gasteiger partial charge in [0.1, 0.15) is 5.75 Å². The molecular weight excluding hydrogens is 334 g/mol. The van der Waals surface area contributed by atoms with Crippen molar-refractivity contribution in [1.29, 1.82) is 0 Å². The Morgan fingerprint density at radius 1 is 1.00 bits per heavy atom. The van der Waals surface area contributed by atoms with Crippen molar-refractivity contribution in [2.24, 2.45) is 0 Å². The number of rotatable bonds is 14. The van der Waals surface area contributed by atoms with Crippen LogP contribution in [0, 0.1) is 10.1 Å². The molecule has 0 aliphatic carbocycles. The van der Waals surface area contributed by atoms with E-state index in [4.69, 9.17) is 8.85 Å². The quantitative estimate of drug-likeness (QED) is 0.169. The van der Waals surface area contributed by atoms with E-state index in [1.165, 1.54) is 50.7 Å². The normalized spacial score (nSPS) is 11.5. The Balaban J connectivity index is 2.48. The van der Waals surface area contributed by atoms with Crippen LogP contribution in [0.25, 0.3) is 0 Å². The molecule has 25 heavy (non-hydrogen) atoms. The molecule has 6 heteroatoms. The fourth-order valence-corrected chi connectivity index (χ4v) is 5.15. The van der Waals surface area contributed by atoms with E-state index < -0.39 is 13.5 Å². The second kappa shape index (κ2) is 12.0. The van der Waals surface area contributed by atoms with E-state index >= 15 is 0 Å². The van der Waals surface area contributed by atoms with E-state index in [0.717, 1.165) is 25.1 Å². The van der Waals surface area contributed by atoms with E-state index in [9.17, 15) is 10.1 Å².